The molecule has 17 heavy (non-hydrogen) atoms. The molecule has 3 heteroatoms. The van der Waals surface area contributed by atoms with Crippen molar-refractivity contribution in [2.45, 2.75) is 14.7 Å². The lowest BCUT2D eigenvalue weighted by molar-refractivity contribution is 0.112. The summed E-state index contributed by atoms with van der Waals surface area (Å²) < 4.78 is 0. The maximum Gasteiger partial charge on any atom is 0.150 e. The molecule has 0 heterocycles. The molecule has 86 valence electrons. The molecule has 2 rings (SSSR count). The number of carbonyl (C=O) groups excluding carboxylic acids is 1. The molecule has 0 atom stereocenters. The van der Waals surface area contributed by atoms with E-state index in [0.29, 0.717) is 5.56 Å². The summed E-state index contributed by atoms with van der Waals surface area (Å²) in [5.74, 6) is 0. The van der Waals surface area contributed by atoms with Gasteiger partial charge in [0, 0.05) is 20.2 Å². The first-order valence-corrected chi connectivity index (χ1v) is 7.23. The number of aldehydes is 1. The van der Waals surface area contributed by atoms with E-state index in [2.05, 4.69) is 30.5 Å². The van der Waals surface area contributed by atoms with Gasteiger partial charge in [-0.25, -0.2) is 0 Å². The fourth-order valence-corrected chi connectivity index (χ4v) is 2.62. The summed E-state index contributed by atoms with van der Waals surface area (Å²) in [6.07, 6.45) is 2.93. The summed E-state index contributed by atoms with van der Waals surface area (Å²) in [6, 6.07) is 16.1. The summed E-state index contributed by atoms with van der Waals surface area (Å²) in [5.41, 5.74) is 0.715. The van der Waals surface area contributed by atoms with Crippen molar-refractivity contribution in [2.75, 3.05) is 6.26 Å². The van der Waals surface area contributed by atoms with Crippen LogP contribution >= 0.6 is 23.5 Å². The molecule has 0 amide bonds. The number of thioether (sulfide) groups is 1. The molecule has 0 saturated carbocycles. The van der Waals surface area contributed by atoms with Crippen molar-refractivity contribution in [1.82, 2.24) is 0 Å². The van der Waals surface area contributed by atoms with E-state index in [0.717, 1.165) is 11.2 Å². The van der Waals surface area contributed by atoms with Crippen molar-refractivity contribution >= 4 is 29.8 Å². The first kappa shape index (κ1) is 12.3. The first-order chi connectivity index (χ1) is 8.31. The molecule has 2 aromatic rings. The lowest BCUT2D eigenvalue weighted by atomic mass is 10.2. The zero-order valence-corrected chi connectivity index (χ0v) is 11.1. The molecule has 0 aliphatic rings. The van der Waals surface area contributed by atoms with Crippen LogP contribution in [-0.2, 0) is 0 Å². The topological polar surface area (TPSA) is 17.1 Å². The van der Waals surface area contributed by atoms with E-state index in [9.17, 15) is 4.79 Å². The normalized spacial score (nSPS) is 10.2. The van der Waals surface area contributed by atoms with Crippen LogP contribution in [0.15, 0.2) is 63.2 Å². The zero-order chi connectivity index (χ0) is 12.1. The van der Waals surface area contributed by atoms with Gasteiger partial charge in [0.1, 0.15) is 6.29 Å². The van der Waals surface area contributed by atoms with Gasteiger partial charge in [-0.1, -0.05) is 23.9 Å². The SMILES string of the molecule is CSc1ccc(Sc2ccc(C=O)cc2)cc1. The van der Waals surface area contributed by atoms with Crippen LogP contribution in [0.4, 0.5) is 0 Å². The predicted molar refractivity (Wildman–Crippen MR) is 74.2 cm³/mol. The average molecular weight is 260 g/mol. The second-order valence-corrected chi connectivity index (χ2v) is 5.49. The average Bonchev–Trinajstić information content (AvgIpc) is 2.40. The third-order valence-electron chi connectivity index (χ3n) is 2.31. The van der Waals surface area contributed by atoms with Crippen molar-refractivity contribution in [2.24, 2.45) is 0 Å². The summed E-state index contributed by atoms with van der Waals surface area (Å²) in [5, 5.41) is 0. The number of rotatable bonds is 4. The van der Waals surface area contributed by atoms with Crippen LogP contribution in [-0.4, -0.2) is 12.5 Å². The summed E-state index contributed by atoms with van der Waals surface area (Å²) in [4.78, 5) is 14.2. The molecule has 0 aromatic heterocycles. The molecule has 0 aliphatic heterocycles. The monoisotopic (exact) mass is 260 g/mol. The Morgan fingerprint density at radius 3 is 1.76 bits per heavy atom. The molecule has 0 bridgehead atoms. The molecule has 2 aromatic carbocycles. The van der Waals surface area contributed by atoms with Crippen LogP contribution in [0.2, 0.25) is 0 Å². The Morgan fingerprint density at radius 2 is 1.29 bits per heavy atom. The quantitative estimate of drug-likeness (QED) is 0.600. The summed E-state index contributed by atoms with van der Waals surface area (Å²) in [7, 11) is 0. The summed E-state index contributed by atoms with van der Waals surface area (Å²) in [6.45, 7) is 0. The van der Waals surface area contributed by atoms with E-state index in [-0.39, 0.29) is 0 Å². The van der Waals surface area contributed by atoms with Crippen LogP contribution in [0.3, 0.4) is 0 Å². The van der Waals surface area contributed by atoms with Gasteiger partial charge in [-0.3, -0.25) is 4.79 Å². The Kier molecular flexibility index (Phi) is 4.29. The Hall–Kier alpha value is -1.19. The zero-order valence-electron chi connectivity index (χ0n) is 9.42. The largest absolute Gasteiger partial charge is 0.298 e. The van der Waals surface area contributed by atoms with E-state index >= 15 is 0 Å². The van der Waals surface area contributed by atoms with Crippen LogP contribution in [0.5, 0.6) is 0 Å². The van der Waals surface area contributed by atoms with Gasteiger partial charge >= 0.3 is 0 Å². The van der Waals surface area contributed by atoms with Crippen molar-refractivity contribution in [3.05, 3.63) is 54.1 Å². The Balaban J connectivity index is 2.10. The number of benzene rings is 2. The van der Waals surface area contributed by atoms with Gasteiger partial charge in [0.15, 0.2) is 0 Å². The highest BCUT2D eigenvalue weighted by Gasteiger charge is 1.98. The molecule has 0 saturated heterocycles. The standard InChI is InChI=1S/C14H12OS2/c1-16-12-6-8-14(9-7-12)17-13-4-2-11(10-15)3-5-13/h2-10H,1H3. The Bertz CT molecular complexity index is 489. The highest BCUT2D eigenvalue weighted by molar-refractivity contribution is 7.99. The molecule has 0 unspecified atom stereocenters. The highest BCUT2D eigenvalue weighted by atomic mass is 32.2. The van der Waals surface area contributed by atoms with Crippen molar-refractivity contribution in [1.29, 1.82) is 0 Å². The van der Waals surface area contributed by atoms with Crippen LogP contribution < -0.4 is 0 Å². The van der Waals surface area contributed by atoms with E-state index in [1.807, 2.05) is 24.3 Å². The number of hydrogen-bond acceptors (Lipinski definition) is 3. The van der Waals surface area contributed by atoms with Gasteiger partial charge < -0.3 is 0 Å². The van der Waals surface area contributed by atoms with Gasteiger partial charge in [0.05, 0.1) is 0 Å². The molecular weight excluding hydrogens is 248 g/mol. The molecule has 0 radical (unpaired) electrons. The second-order valence-electron chi connectivity index (χ2n) is 3.46. The van der Waals surface area contributed by atoms with E-state index in [4.69, 9.17) is 0 Å². The van der Waals surface area contributed by atoms with Gasteiger partial charge in [-0.15, -0.1) is 11.8 Å². The van der Waals surface area contributed by atoms with E-state index in [1.54, 1.807) is 23.5 Å². The Labute approximate surface area is 110 Å². The molecule has 1 nitrogen and oxygen atoms in total. The minimum Gasteiger partial charge on any atom is -0.298 e. The lowest BCUT2D eigenvalue weighted by Gasteiger charge is -2.02. The van der Waals surface area contributed by atoms with Crippen LogP contribution in [0.1, 0.15) is 10.4 Å². The van der Waals surface area contributed by atoms with E-state index in [1.165, 1.54) is 9.79 Å². The van der Waals surface area contributed by atoms with Gasteiger partial charge in [0.25, 0.3) is 0 Å². The third kappa shape index (κ3) is 3.38. The molecule has 0 aliphatic carbocycles. The van der Waals surface area contributed by atoms with Gasteiger partial charge in [-0.05, 0) is 42.7 Å². The number of hydrogen-bond donors (Lipinski definition) is 0. The fourth-order valence-electron chi connectivity index (χ4n) is 1.39. The Morgan fingerprint density at radius 1 is 0.824 bits per heavy atom. The molecule has 0 spiro atoms. The minimum atomic E-state index is 0.715. The highest BCUT2D eigenvalue weighted by Crippen LogP contribution is 2.29. The molecular formula is C14H12OS2. The third-order valence-corrected chi connectivity index (χ3v) is 4.07. The lowest BCUT2D eigenvalue weighted by Crippen LogP contribution is -1.79. The summed E-state index contributed by atoms with van der Waals surface area (Å²) >= 11 is 3.44. The predicted octanol–water partition coefficient (Wildman–Crippen LogP) is 4.37. The van der Waals surface area contributed by atoms with Crippen LogP contribution in [0.25, 0.3) is 0 Å². The van der Waals surface area contributed by atoms with Crippen molar-refractivity contribution in [3.8, 4) is 0 Å². The maximum atomic E-state index is 10.5. The van der Waals surface area contributed by atoms with Crippen LogP contribution in [0, 0.1) is 0 Å². The second kappa shape index (κ2) is 5.94. The fraction of sp³-hybridized carbons (Fsp3) is 0.0714. The first-order valence-electron chi connectivity index (χ1n) is 5.19. The smallest absolute Gasteiger partial charge is 0.150 e. The van der Waals surface area contributed by atoms with Gasteiger partial charge in [0.2, 0.25) is 0 Å². The molecule has 0 fully saturated rings. The minimum absolute atomic E-state index is 0.715. The van der Waals surface area contributed by atoms with Gasteiger partial charge in [-0.2, -0.15) is 0 Å². The van der Waals surface area contributed by atoms with Crippen molar-refractivity contribution in [3.63, 3.8) is 0 Å². The molecule has 0 N–H and O–H groups in total. The van der Waals surface area contributed by atoms with Crippen molar-refractivity contribution < 1.29 is 4.79 Å². The van der Waals surface area contributed by atoms with E-state index < -0.39 is 0 Å². The maximum absolute atomic E-state index is 10.5. The number of carbonyl (C=O) groups is 1.